The number of ketones is 1. The van der Waals surface area contributed by atoms with Crippen molar-refractivity contribution in [3.8, 4) is 0 Å². The number of tetrazole rings is 1. The summed E-state index contributed by atoms with van der Waals surface area (Å²) in [5, 5.41) is 27.9. The number of rotatable bonds is 22. The van der Waals surface area contributed by atoms with Gasteiger partial charge in [-0.15, -0.1) is 10.2 Å². The number of amides is 5. The zero-order valence-corrected chi connectivity index (χ0v) is 31.9. The van der Waals surface area contributed by atoms with Gasteiger partial charge in [-0.1, -0.05) is 52.7 Å². The van der Waals surface area contributed by atoms with Crippen molar-refractivity contribution in [3.63, 3.8) is 0 Å². The van der Waals surface area contributed by atoms with E-state index in [0.717, 1.165) is 24.8 Å². The number of hydrogen-bond acceptors (Lipinski definition) is 10. The minimum absolute atomic E-state index is 0.0203. The maximum absolute atomic E-state index is 13.4. The average Bonchev–Trinajstić information content (AvgIpc) is 3.82. The van der Waals surface area contributed by atoms with Gasteiger partial charge in [-0.2, -0.15) is 5.21 Å². The topological polar surface area (TPSA) is 230 Å². The van der Waals surface area contributed by atoms with Crippen LogP contribution in [-0.4, -0.2) is 85.6 Å². The standard InChI is InChI=1S/C37H58N10O6/c1-7-11-28(34(50)37(53)40-24(6)25-16-18-38-19-17-25)41-31(49)20-26-12-10-13-27(26)21-39-35(51)32(22(2)3)43-36(52)33(23(4)5)42-30(48)15-9-8-14-29-44-46-47-45-29/h16-19,22-24,26-28,32-33H,7-15,20-21H2,1-6H3,(H,39,51)(H,40,53)(H,41,49)(H,42,48)(H,43,52)(H,44,45,46,47)/t24-,26-,27+,28?,32+,33-/m1/s1. The third-order valence-corrected chi connectivity index (χ3v) is 9.77. The van der Waals surface area contributed by atoms with Crippen molar-refractivity contribution in [2.45, 2.75) is 130 Å². The highest BCUT2D eigenvalue weighted by molar-refractivity contribution is 6.38. The molecule has 53 heavy (non-hydrogen) atoms. The van der Waals surface area contributed by atoms with E-state index in [1.54, 1.807) is 31.5 Å². The minimum atomic E-state index is -0.936. The molecule has 5 amide bonds. The van der Waals surface area contributed by atoms with Crippen LogP contribution in [0.1, 0.15) is 117 Å². The average molecular weight is 739 g/mol. The lowest BCUT2D eigenvalue weighted by atomic mass is 9.91. The third kappa shape index (κ3) is 14.0. The first-order chi connectivity index (χ1) is 25.3. The van der Waals surface area contributed by atoms with Crippen LogP contribution in [0.5, 0.6) is 0 Å². The Kier molecular flexibility index (Phi) is 17.5. The number of aromatic nitrogens is 5. The molecule has 0 bridgehead atoms. The second-order valence-corrected chi connectivity index (χ2v) is 14.7. The smallest absolute Gasteiger partial charge is 0.290 e. The fourth-order valence-corrected chi connectivity index (χ4v) is 6.62. The van der Waals surface area contributed by atoms with Gasteiger partial charge in [0.15, 0.2) is 5.82 Å². The van der Waals surface area contributed by atoms with Gasteiger partial charge in [0.25, 0.3) is 5.91 Å². The molecule has 1 fully saturated rings. The van der Waals surface area contributed by atoms with Crippen LogP contribution in [0.25, 0.3) is 0 Å². The molecule has 2 heterocycles. The zero-order chi connectivity index (χ0) is 38.9. The SMILES string of the molecule is CCCC(NC(=O)C[C@H]1CCC[C@H]1CNC(=O)[C@@H](NC(=O)[C@H](NC(=O)CCCCc1nn[nH]n1)C(C)C)C(C)C)C(=O)C(=O)N[C@H](C)c1ccncc1. The molecule has 2 aromatic rings. The number of aromatic amines is 1. The van der Waals surface area contributed by atoms with Crippen LogP contribution in [0.2, 0.25) is 0 Å². The van der Waals surface area contributed by atoms with Crippen molar-refractivity contribution in [1.82, 2.24) is 52.2 Å². The van der Waals surface area contributed by atoms with Crippen molar-refractivity contribution in [1.29, 1.82) is 0 Å². The third-order valence-electron chi connectivity index (χ3n) is 9.77. The van der Waals surface area contributed by atoms with E-state index < -0.39 is 41.8 Å². The summed E-state index contributed by atoms with van der Waals surface area (Å²) in [7, 11) is 0. The van der Waals surface area contributed by atoms with E-state index in [2.05, 4.69) is 52.2 Å². The van der Waals surface area contributed by atoms with Crippen molar-refractivity contribution in [2.75, 3.05) is 6.54 Å². The van der Waals surface area contributed by atoms with E-state index >= 15 is 0 Å². The van der Waals surface area contributed by atoms with Crippen LogP contribution >= 0.6 is 0 Å². The molecule has 0 aliphatic heterocycles. The highest BCUT2D eigenvalue weighted by Gasteiger charge is 2.34. The number of pyridine rings is 1. The fraction of sp³-hybridized carbons (Fsp3) is 0.676. The molecule has 6 N–H and O–H groups in total. The van der Waals surface area contributed by atoms with Gasteiger partial charge in [0.1, 0.15) is 12.1 Å². The van der Waals surface area contributed by atoms with E-state index in [9.17, 15) is 28.8 Å². The lowest BCUT2D eigenvalue weighted by Crippen LogP contribution is -2.57. The Morgan fingerprint density at radius 3 is 2.15 bits per heavy atom. The maximum atomic E-state index is 13.4. The van der Waals surface area contributed by atoms with Crippen molar-refractivity contribution < 1.29 is 28.8 Å². The largest absolute Gasteiger partial charge is 0.354 e. The normalized spacial score (nSPS) is 17.7. The van der Waals surface area contributed by atoms with Crippen molar-refractivity contribution in [3.05, 3.63) is 35.9 Å². The van der Waals surface area contributed by atoms with E-state index in [1.165, 1.54) is 0 Å². The summed E-state index contributed by atoms with van der Waals surface area (Å²) in [4.78, 5) is 82.6. The Morgan fingerprint density at radius 1 is 0.830 bits per heavy atom. The molecule has 6 atom stereocenters. The number of aryl methyl sites for hydroxylation is 1. The molecule has 1 aliphatic rings. The maximum Gasteiger partial charge on any atom is 0.290 e. The number of hydrogen-bond donors (Lipinski definition) is 6. The molecule has 0 radical (unpaired) electrons. The molecular weight excluding hydrogens is 680 g/mol. The Balaban J connectivity index is 1.49. The molecule has 16 heteroatoms. The summed E-state index contributed by atoms with van der Waals surface area (Å²) in [6.45, 7) is 11.3. The number of unbranched alkanes of at least 4 members (excludes halogenated alkanes) is 1. The van der Waals surface area contributed by atoms with Crippen LogP contribution in [0.3, 0.4) is 0 Å². The second kappa shape index (κ2) is 21.7. The molecule has 1 unspecified atom stereocenters. The lowest BCUT2D eigenvalue weighted by molar-refractivity contribution is -0.140. The minimum Gasteiger partial charge on any atom is -0.354 e. The number of H-pyrrole nitrogens is 1. The highest BCUT2D eigenvalue weighted by Crippen LogP contribution is 2.33. The van der Waals surface area contributed by atoms with E-state index in [0.29, 0.717) is 44.5 Å². The van der Waals surface area contributed by atoms with Crippen LogP contribution in [0.4, 0.5) is 0 Å². The summed E-state index contributed by atoms with van der Waals surface area (Å²) in [5.41, 5.74) is 0.809. The molecule has 292 valence electrons. The van der Waals surface area contributed by atoms with Crippen LogP contribution in [-0.2, 0) is 35.2 Å². The predicted octanol–water partition coefficient (Wildman–Crippen LogP) is 2.24. The molecule has 1 saturated carbocycles. The Hall–Kier alpha value is -4.76. The second-order valence-electron chi connectivity index (χ2n) is 14.7. The zero-order valence-electron chi connectivity index (χ0n) is 31.9. The molecule has 2 aromatic heterocycles. The van der Waals surface area contributed by atoms with Gasteiger partial charge in [-0.05, 0) is 80.4 Å². The molecule has 0 aromatic carbocycles. The molecule has 1 aliphatic carbocycles. The number of carbonyl (C=O) groups excluding carboxylic acids is 6. The van der Waals surface area contributed by atoms with Gasteiger partial charge < -0.3 is 26.6 Å². The van der Waals surface area contributed by atoms with E-state index in [-0.39, 0.29) is 54.2 Å². The Bertz CT molecular complexity index is 1490. The van der Waals surface area contributed by atoms with Crippen LogP contribution < -0.4 is 26.6 Å². The summed E-state index contributed by atoms with van der Waals surface area (Å²) in [6, 6.07) is 0.539. The highest BCUT2D eigenvalue weighted by atomic mass is 16.2. The fourth-order valence-electron chi connectivity index (χ4n) is 6.62. The first kappa shape index (κ1) is 42.7. The predicted molar refractivity (Wildman–Crippen MR) is 196 cm³/mol. The quantitative estimate of drug-likeness (QED) is 0.0762. The first-order valence-corrected chi connectivity index (χ1v) is 18.9. The van der Waals surface area contributed by atoms with Gasteiger partial charge in [0, 0.05) is 38.2 Å². The van der Waals surface area contributed by atoms with Crippen molar-refractivity contribution in [2.24, 2.45) is 23.7 Å². The van der Waals surface area contributed by atoms with Crippen LogP contribution in [0.15, 0.2) is 24.5 Å². The summed E-state index contributed by atoms with van der Waals surface area (Å²) in [6.07, 6.45) is 8.94. The monoisotopic (exact) mass is 738 g/mol. The number of carbonyl (C=O) groups is 6. The molecular formula is C37H58N10O6. The van der Waals surface area contributed by atoms with E-state index in [1.807, 2.05) is 34.6 Å². The van der Waals surface area contributed by atoms with Gasteiger partial charge >= 0.3 is 0 Å². The summed E-state index contributed by atoms with van der Waals surface area (Å²) >= 11 is 0. The van der Waals surface area contributed by atoms with Gasteiger partial charge in [0.2, 0.25) is 29.4 Å². The summed E-state index contributed by atoms with van der Waals surface area (Å²) < 4.78 is 0. The van der Waals surface area contributed by atoms with Gasteiger partial charge in [-0.3, -0.25) is 33.8 Å². The van der Waals surface area contributed by atoms with Crippen LogP contribution in [0, 0.1) is 23.7 Å². The summed E-state index contributed by atoms with van der Waals surface area (Å²) in [5.74, 6) is -2.61. The molecule has 16 nitrogen and oxygen atoms in total. The Morgan fingerprint density at radius 2 is 1.51 bits per heavy atom. The lowest BCUT2D eigenvalue weighted by Gasteiger charge is -2.28. The number of nitrogens with zero attached hydrogens (tertiary/aromatic N) is 4. The van der Waals surface area contributed by atoms with Gasteiger partial charge in [-0.25, -0.2) is 0 Å². The number of nitrogens with one attached hydrogen (secondary N) is 6. The Labute approximate surface area is 312 Å². The van der Waals surface area contributed by atoms with E-state index in [4.69, 9.17) is 0 Å². The molecule has 0 spiro atoms. The van der Waals surface area contributed by atoms with Crippen molar-refractivity contribution >= 4 is 35.3 Å². The first-order valence-electron chi connectivity index (χ1n) is 18.9. The molecule has 3 rings (SSSR count). The number of Topliss-reactive ketones (excluding diaryl/α,β-unsaturated/α-hetero) is 1. The molecule has 0 saturated heterocycles. The van der Waals surface area contributed by atoms with Gasteiger partial charge in [0.05, 0.1) is 12.1 Å².